The summed E-state index contributed by atoms with van der Waals surface area (Å²) in [5, 5.41) is 3.07. The Morgan fingerprint density at radius 3 is 2.53 bits per heavy atom. The summed E-state index contributed by atoms with van der Waals surface area (Å²) in [5.41, 5.74) is 4.10. The average molecular weight is 493 g/mol. The molecule has 0 atom stereocenters. The molecule has 5 rings (SSSR count). The molecule has 1 N–H and O–H groups in total. The fraction of sp³-hybridized carbons (Fsp3) is 0.500. The molecule has 2 aromatic carbocycles. The molecule has 0 aliphatic carbocycles. The molecular weight excluding hydrogens is 456 g/mol. The number of benzene rings is 2. The Labute approximate surface area is 213 Å². The molecule has 0 saturated carbocycles. The number of morpholine rings is 1. The highest BCUT2D eigenvalue weighted by molar-refractivity contribution is 5.95. The van der Waals surface area contributed by atoms with E-state index < -0.39 is 0 Å². The van der Waals surface area contributed by atoms with Gasteiger partial charge in [-0.3, -0.25) is 9.69 Å². The largest absolute Gasteiger partial charge is 0.445 e. The minimum Gasteiger partial charge on any atom is -0.445 e. The maximum absolute atomic E-state index is 12.8. The first-order valence-electron chi connectivity index (χ1n) is 12.9. The van der Waals surface area contributed by atoms with Crippen molar-refractivity contribution in [1.82, 2.24) is 15.1 Å². The quantitative estimate of drug-likeness (QED) is 0.669. The first-order chi connectivity index (χ1) is 17.5. The van der Waals surface area contributed by atoms with Crippen LogP contribution < -0.4 is 10.2 Å². The second-order valence-corrected chi connectivity index (χ2v) is 10.1. The highest BCUT2D eigenvalue weighted by Crippen LogP contribution is 2.46. The second-order valence-electron chi connectivity index (χ2n) is 10.1. The van der Waals surface area contributed by atoms with Gasteiger partial charge in [0.1, 0.15) is 6.61 Å². The summed E-state index contributed by atoms with van der Waals surface area (Å²) in [6, 6.07) is 15.9. The van der Waals surface area contributed by atoms with Crippen LogP contribution in [-0.4, -0.2) is 87.9 Å². The number of likely N-dealkylation sites (tertiary alicyclic amines) is 1. The van der Waals surface area contributed by atoms with Crippen molar-refractivity contribution >= 4 is 17.7 Å². The molecule has 8 heteroatoms. The summed E-state index contributed by atoms with van der Waals surface area (Å²) >= 11 is 0. The number of anilines is 1. The number of fused-ring (bicyclic) bond motifs is 2. The van der Waals surface area contributed by atoms with Gasteiger partial charge in [-0.05, 0) is 36.1 Å². The number of likely N-dealkylation sites (N-methyl/N-ethyl adjacent to an activating group) is 1. The number of carbonyl (C=O) groups excluding carboxylic acids is 2. The van der Waals surface area contributed by atoms with Gasteiger partial charge in [-0.15, -0.1) is 0 Å². The van der Waals surface area contributed by atoms with Gasteiger partial charge in [-0.2, -0.15) is 0 Å². The van der Waals surface area contributed by atoms with Crippen LogP contribution >= 0.6 is 0 Å². The number of nitrogens with zero attached hydrogens (tertiary/aromatic N) is 3. The zero-order valence-electron chi connectivity index (χ0n) is 21.1. The molecule has 36 heavy (non-hydrogen) atoms. The second kappa shape index (κ2) is 10.9. The molecule has 0 radical (unpaired) electrons. The normalized spacial score (nSPS) is 19.2. The van der Waals surface area contributed by atoms with E-state index in [0.29, 0.717) is 31.8 Å². The van der Waals surface area contributed by atoms with E-state index in [1.165, 1.54) is 5.56 Å². The Hall–Kier alpha value is -3.10. The summed E-state index contributed by atoms with van der Waals surface area (Å²) in [6.45, 7) is 7.38. The van der Waals surface area contributed by atoms with Crippen molar-refractivity contribution in [1.29, 1.82) is 0 Å². The monoisotopic (exact) mass is 492 g/mol. The van der Waals surface area contributed by atoms with Crippen molar-refractivity contribution in [3.8, 4) is 0 Å². The number of amides is 2. The summed E-state index contributed by atoms with van der Waals surface area (Å²) in [6.07, 6.45) is 1.52. The lowest BCUT2D eigenvalue weighted by molar-refractivity contribution is 0.0383. The maximum atomic E-state index is 12.8. The SMILES string of the molecule is CN1CC2(CCN(C(=O)OCc3ccccc3)CC2)c2ccc(C(=O)NCCN3CCOCC3)cc21. The first-order valence-corrected chi connectivity index (χ1v) is 12.9. The van der Waals surface area contributed by atoms with Crippen LogP contribution in [0.3, 0.4) is 0 Å². The van der Waals surface area contributed by atoms with Crippen molar-refractivity contribution < 1.29 is 19.1 Å². The molecule has 2 saturated heterocycles. The lowest BCUT2D eigenvalue weighted by Crippen LogP contribution is -2.47. The highest BCUT2D eigenvalue weighted by atomic mass is 16.6. The van der Waals surface area contributed by atoms with Crippen LogP contribution in [0.2, 0.25) is 0 Å². The molecule has 0 aromatic heterocycles. The number of nitrogens with one attached hydrogen (secondary N) is 1. The van der Waals surface area contributed by atoms with E-state index in [1.54, 1.807) is 0 Å². The smallest absolute Gasteiger partial charge is 0.410 e. The minimum absolute atomic E-state index is 0.00559. The molecule has 2 fully saturated rings. The van der Waals surface area contributed by atoms with Crippen molar-refractivity contribution in [2.24, 2.45) is 0 Å². The van der Waals surface area contributed by atoms with Crippen molar-refractivity contribution in [3.63, 3.8) is 0 Å². The van der Waals surface area contributed by atoms with Gasteiger partial charge in [0, 0.05) is 69.5 Å². The van der Waals surface area contributed by atoms with Gasteiger partial charge in [0.15, 0.2) is 0 Å². The van der Waals surface area contributed by atoms with Crippen LogP contribution in [0.4, 0.5) is 10.5 Å². The van der Waals surface area contributed by atoms with E-state index in [-0.39, 0.29) is 17.4 Å². The molecule has 8 nitrogen and oxygen atoms in total. The van der Waals surface area contributed by atoms with Gasteiger partial charge in [0.25, 0.3) is 5.91 Å². The van der Waals surface area contributed by atoms with Crippen molar-refractivity contribution in [2.75, 3.05) is 71.0 Å². The van der Waals surface area contributed by atoms with Gasteiger partial charge >= 0.3 is 6.09 Å². The Kier molecular flexibility index (Phi) is 7.43. The van der Waals surface area contributed by atoms with E-state index in [0.717, 1.165) is 63.5 Å². The van der Waals surface area contributed by atoms with Gasteiger partial charge < -0.3 is 24.6 Å². The number of ether oxygens (including phenoxy) is 2. The summed E-state index contributed by atoms with van der Waals surface area (Å²) in [4.78, 5) is 31.8. The third kappa shape index (κ3) is 5.34. The molecule has 0 bridgehead atoms. The summed E-state index contributed by atoms with van der Waals surface area (Å²) in [7, 11) is 2.09. The molecule has 2 amide bonds. The third-order valence-electron chi connectivity index (χ3n) is 7.78. The molecule has 3 heterocycles. The molecule has 3 aliphatic heterocycles. The van der Waals surface area contributed by atoms with E-state index in [1.807, 2.05) is 47.4 Å². The standard InChI is InChI=1S/C28H36N4O4/c1-30-21-28(9-12-32(13-10-28)27(34)36-20-22-5-3-2-4-6-22)24-8-7-23(19-25(24)30)26(33)29-11-14-31-15-17-35-18-16-31/h2-8,19H,9-18,20-21H2,1H3,(H,29,33). The zero-order valence-corrected chi connectivity index (χ0v) is 21.1. The van der Waals surface area contributed by atoms with Crippen LogP contribution in [0, 0.1) is 0 Å². The van der Waals surface area contributed by atoms with Gasteiger partial charge in [0.2, 0.25) is 0 Å². The lowest BCUT2D eigenvalue weighted by atomic mass is 9.74. The molecule has 1 spiro atoms. The number of hydrogen-bond acceptors (Lipinski definition) is 6. The average Bonchev–Trinajstić information content (AvgIpc) is 3.19. The van der Waals surface area contributed by atoms with Crippen LogP contribution in [0.5, 0.6) is 0 Å². The fourth-order valence-electron chi connectivity index (χ4n) is 5.67. The van der Waals surface area contributed by atoms with E-state index in [4.69, 9.17) is 9.47 Å². The van der Waals surface area contributed by atoms with Crippen molar-refractivity contribution in [3.05, 3.63) is 65.2 Å². The molecular formula is C28H36N4O4. The zero-order chi connectivity index (χ0) is 25.0. The Balaban J connectivity index is 1.16. The minimum atomic E-state index is -0.246. The van der Waals surface area contributed by atoms with Gasteiger partial charge in [0.05, 0.1) is 13.2 Å². The van der Waals surface area contributed by atoms with E-state index in [9.17, 15) is 9.59 Å². The molecule has 192 valence electrons. The van der Waals surface area contributed by atoms with Crippen LogP contribution in [0.1, 0.15) is 34.3 Å². The number of carbonyl (C=O) groups is 2. The Bertz CT molecular complexity index is 1060. The molecule has 2 aromatic rings. The number of rotatable bonds is 6. The molecule has 3 aliphatic rings. The lowest BCUT2D eigenvalue weighted by Gasteiger charge is -2.39. The summed E-state index contributed by atoms with van der Waals surface area (Å²) < 4.78 is 10.9. The van der Waals surface area contributed by atoms with E-state index in [2.05, 4.69) is 28.2 Å². The van der Waals surface area contributed by atoms with Crippen LogP contribution in [0.15, 0.2) is 48.5 Å². The van der Waals surface area contributed by atoms with Gasteiger partial charge in [-0.1, -0.05) is 36.4 Å². The van der Waals surface area contributed by atoms with Crippen LogP contribution in [0.25, 0.3) is 0 Å². The van der Waals surface area contributed by atoms with Gasteiger partial charge in [-0.25, -0.2) is 4.79 Å². The Morgan fingerprint density at radius 1 is 1.03 bits per heavy atom. The third-order valence-corrected chi connectivity index (χ3v) is 7.78. The van der Waals surface area contributed by atoms with E-state index >= 15 is 0 Å². The summed E-state index contributed by atoms with van der Waals surface area (Å²) in [5.74, 6) is -0.0311. The predicted octanol–water partition coefficient (Wildman–Crippen LogP) is 2.87. The highest BCUT2D eigenvalue weighted by Gasteiger charge is 2.44. The number of piperidine rings is 1. The topological polar surface area (TPSA) is 74.4 Å². The molecule has 0 unspecified atom stereocenters. The fourth-order valence-corrected chi connectivity index (χ4v) is 5.67. The maximum Gasteiger partial charge on any atom is 0.410 e. The van der Waals surface area contributed by atoms with Crippen molar-refractivity contribution in [2.45, 2.75) is 24.9 Å². The number of hydrogen-bond donors (Lipinski definition) is 1. The first kappa shape index (κ1) is 24.6. The van der Waals surface area contributed by atoms with Crippen LogP contribution in [-0.2, 0) is 21.5 Å². The Morgan fingerprint density at radius 2 is 1.78 bits per heavy atom. The predicted molar refractivity (Wildman–Crippen MR) is 138 cm³/mol.